The van der Waals surface area contributed by atoms with Crippen molar-refractivity contribution in [2.24, 2.45) is 23.7 Å². The lowest BCUT2D eigenvalue weighted by atomic mass is 9.52. The van der Waals surface area contributed by atoms with Crippen LogP contribution in [0.5, 0.6) is 5.75 Å². The lowest BCUT2D eigenvalue weighted by molar-refractivity contribution is -0.168. The van der Waals surface area contributed by atoms with Gasteiger partial charge in [0.25, 0.3) is 0 Å². The Balaban J connectivity index is 1.09. The number of benzene rings is 2. The molecule has 5 aliphatic rings. The summed E-state index contributed by atoms with van der Waals surface area (Å²) in [7, 11) is 1.36. The minimum absolute atomic E-state index is 0.0588. The fraction of sp³-hybridized carbons (Fsp3) is 0.533. The molecular weight excluding hydrogens is 490 g/mol. The third-order valence-corrected chi connectivity index (χ3v) is 9.56. The predicted molar refractivity (Wildman–Crippen MR) is 139 cm³/mol. The van der Waals surface area contributed by atoms with E-state index >= 15 is 0 Å². The van der Waals surface area contributed by atoms with Crippen molar-refractivity contribution in [3.63, 3.8) is 0 Å². The van der Waals surface area contributed by atoms with E-state index in [0.717, 1.165) is 56.2 Å². The summed E-state index contributed by atoms with van der Waals surface area (Å²) in [5, 5.41) is 11.5. The number of hydrogen-bond acceptors (Lipinski definition) is 5. The van der Waals surface area contributed by atoms with E-state index in [1.807, 2.05) is 24.3 Å². The van der Waals surface area contributed by atoms with E-state index < -0.39 is 11.6 Å². The fourth-order valence-corrected chi connectivity index (χ4v) is 8.12. The summed E-state index contributed by atoms with van der Waals surface area (Å²) in [5.41, 5.74) is 1.69. The monoisotopic (exact) mass is 523 g/mol. The molecular formula is C30H34ClNO5. The van der Waals surface area contributed by atoms with Crippen molar-refractivity contribution in [3.05, 3.63) is 64.2 Å². The highest BCUT2D eigenvalue weighted by atomic mass is 35.5. The van der Waals surface area contributed by atoms with Gasteiger partial charge in [-0.1, -0.05) is 35.9 Å². The van der Waals surface area contributed by atoms with Gasteiger partial charge < -0.3 is 19.5 Å². The first-order chi connectivity index (χ1) is 17.8. The molecule has 6 nitrogen and oxygen atoms in total. The maximum atomic E-state index is 13.5. The van der Waals surface area contributed by atoms with Crippen molar-refractivity contribution >= 4 is 23.5 Å². The zero-order chi connectivity index (χ0) is 25.7. The number of halogens is 1. The molecule has 0 spiro atoms. The molecule has 1 amide bonds. The molecule has 2 aromatic rings. The van der Waals surface area contributed by atoms with Crippen molar-refractivity contribution in [1.29, 1.82) is 0 Å². The Morgan fingerprint density at radius 1 is 1.11 bits per heavy atom. The largest absolute Gasteiger partial charge is 0.489 e. The Morgan fingerprint density at radius 2 is 1.86 bits per heavy atom. The summed E-state index contributed by atoms with van der Waals surface area (Å²) in [6.45, 7) is 1.03. The molecule has 37 heavy (non-hydrogen) atoms. The third-order valence-electron chi connectivity index (χ3n) is 9.21. The van der Waals surface area contributed by atoms with Crippen LogP contribution in [0.15, 0.2) is 42.5 Å². The molecule has 3 unspecified atom stereocenters. The summed E-state index contributed by atoms with van der Waals surface area (Å²) < 4.78 is 10.8. The number of amides is 1. The number of methoxy groups -OCH3 is 1. The number of carbonyl (C=O) groups is 2. The van der Waals surface area contributed by atoms with Gasteiger partial charge in [-0.05, 0) is 86.5 Å². The molecule has 1 heterocycles. The highest BCUT2D eigenvalue weighted by molar-refractivity contribution is 6.31. The first-order valence-electron chi connectivity index (χ1n) is 13.4. The van der Waals surface area contributed by atoms with Crippen LogP contribution in [0.2, 0.25) is 5.02 Å². The van der Waals surface area contributed by atoms with E-state index in [0.29, 0.717) is 46.6 Å². The van der Waals surface area contributed by atoms with E-state index in [2.05, 4.69) is 4.90 Å². The average Bonchev–Trinajstić information content (AvgIpc) is 3.22. The molecule has 7 rings (SSSR count). The molecule has 7 heteroatoms. The standard InChI is InChI=1S/C30H34ClNO5/c1-36-29(34)25-5-3-2-4-21(25)17-37-24-7-6-19(26(31)13-24)12-20-8-9-32(28(20)33)27-22-10-18-11-23(27)16-30(35,14-18)15-22/h2-7,13,18,20,22-23,27,35H,8-12,14-17H2,1H3. The van der Waals surface area contributed by atoms with Gasteiger partial charge in [0, 0.05) is 29.1 Å². The van der Waals surface area contributed by atoms with Crippen molar-refractivity contribution in [2.45, 2.75) is 63.2 Å². The Kier molecular flexibility index (Phi) is 6.44. The molecule has 0 radical (unpaired) electrons. The molecule has 2 aromatic carbocycles. The van der Waals surface area contributed by atoms with Gasteiger partial charge in [0.2, 0.25) is 5.91 Å². The van der Waals surface area contributed by atoms with E-state index in [1.165, 1.54) is 7.11 Å². The van der Waals surface area contributed by atoms with Crippen LogP contribution in [0.1, 0.15) is 60.0 Å². The lowest BCUT2D eigenvalue weighted by Crippen LogP contribution is -2.62. The van der Waals surface area contributed by atoms with Crippen LogP contribution in [0.4, 0.5) is 0 Å². The van der Waals surface area contributed by atoms with E-state index in [4.69, 9.17) is 21.1 Å². The zero-order valence-electron chi connectivity index (χ0n) is 21.2. The molecule has 5 fully saturated rings. The van der Waals surface area contributed by atoms with Gasteiger partial charge in [-0.15, -0.1) is 0 Å². The van der Waals surface area contributed by atoms with E-state index in [-0.39, 0.29) is 18.4 Å². The Labute approximate surface area is 222 Å². The molecule has 4 aliphatic carbocycles. The van der Waals surface area contributed by atoms with E-state index in [1.54, 1.807) is 18.2 Å². The van der Waals surface area contributed by atoms with Gasteiger partial charge in [-0.25, -0.2) is 4.79 Å². The number of likely N-dealkylation sites (tertiary alicyclic amines) is 1. The summed E-state index contributed by atoms with van der Waals surface area (Å²) in [6, 6.07) is 13.1. The van der Waals surface area contributed by atoms with Gasteiger partial charge in [0.15, 0.2) is 0 Å². The van der Waals surface area contributed by atoms with Crippen molar-refractivity contribution in [3.8, 4) is 5.75 Å². The fourth-order valence-electron chi connectivity index (χ4n) is 7.88. The highest BCUT2D eigenvalue weighted by Crippen LogP contribution is 2.57. The van der Waals surface area contributed by atoms with Crippen molar-refractivity contribution in [2.75, 3.05) is 13.7 Å². The Morgan fingerprint density at radius 3 is 2.57 bits per heavy atom. The summed E-state index contributed by atoms with van der Waals surface area (Å²) in [6.07, 6.45) is 6.46. The number of esters is 1. The lowest BCUT2D eigenvalue weighted by Gasteiger charge is -2.59. The average molecular weight is 524 g/mol. The van der Waals surface area contributed by atoms with Crippen molar-refractivity contribution < 1.29 is 24.2 Å². The SMILES string of the molecule is COC(=O)c1ccccc1COc1ccc(CC2CCN(C3C4CC5CC3CC(O)(C5)C4)C2=O)c(Cl)c1. The van der Waals surface area contributed by atoms with Crippen LogP contribution in [0, 0.1) is 23.7 Å². The van der Waals surface area contributed by atoms with Crippen LogP contribution in [0.3, 0.4) is 0 Å². The normalized spacial score (nSPS) is 32.1. The van der Waals surface area contributed by atoms with Gasteiger partial charge in [0.1, 0.15) is 12.4 Å². The van der Waals surface area contributed by atoms with Gasteiger partial charge >= 0.3 is 5.97 Å². The van der Waals surface area contributed by atoms with Crippen LogP contribution in [0.25, 0.3) is 0 Å². The van der Waals surface area contributed by atoms with Crippen LogP contribution in [-0.2, 0) is 22.6 Å². The second kappa shape index (κ2) is 9.63. The Bertz CT molecular complexity index is 1200. The predicted octanol–water partition coefficient (Wildman–Crippen LogP) is 5.04. The minimum Gasteiger partial charge on any atom is -0.489 e. The third kappa shape index (κ3) is 4.63. The smallest absolute Gasteiger partial charge is 0.338 e. The second-order valence-corrected chi connectivity index (χ2v) is 12.0. The molecule has 1 saturated heterocycles. The van der Waals surface area contributed by atoms with Gasteiger partial charge in [0.05, 0.1) is 18.3 Å². The quantitative estimate of drug-likeness (QED) is 0.515. The minimum atomic E-state index is -0.478. The molecule has 1 aliphatic heterocycles. The summed E-state index contributed by atoms with van der Waals surface area (Å²) in [5.74, 6) is 1.94. The number of rotatable bonds is 7. The van der Waals surface area contributed by atoms with Crippen LogP contribution < -0.4 is 4.74 Å². The number of aliphatic hydroxyl groups is 1. The van der Waals surface area contributed by atoms with Gasteiger partial charge in [-0.3, -0.25) is 4.79 Å². The number of carbonyl (C=O) groups excluding carboxylic acids is 2. The van der Waals surface area contributed by atoms with Crippen molar-refractivity contribution in [1.82, 2.24) is 4.90 Å². The zero-order valence-corrected chi connectivity index (χ0v) is 22.0. The highest BCUT2D eigenvalue weighted by Gasteiger charge is 2.57. The number of hydrogen-bond donors (Lipinski definition) is 1. The molecule has 0 aromatic heterocycles. The first kappa shape index (κ1) is 24.7. The first-order valence-corrected chi connectivity index (χ1v) is 13.8. The topological polar surface area (TPSA) is 76.1 Å². The molecule has 3 atom stereocenters. The number of nitrogens with zero attached hydrogens (tertiary/aromatic N) is 1. The van der Waals surface area contributed by atoms with Gasteiger partial charge in [-0.2, -0.15) is 0 Å². The molecule has 196 valence electrons. The summed E-state index contributed by atoms with van der Waals surface area (Å²) in [4.78, 5) is 27.7. The van der Waals surface area contributed by atoms with E-state index in [9.17, 15) is 14.7 Å². The van der Waals surface area contributed by atoms with Crippen LogP contribution in [-0.4, -0.2) is 47.2 Å². The maximum absolute atomic E-state index is 13.5. The summed E-state index contributed by atoms with van der Waals surface area (Å²) >= 11 is 6.63. The Hall–Kier alpha value is -2.57. The van der Waals surface area contributed by atoms with Crippen LogP contribution >= 0.6 is 11.6 Å². The number of ether oxygens (including phenoxy) is 2. The maximum Gasteiger partial charge on any atom is 0.338 e. The molecule has 1 N–H and O–H groups in total. The molecule has 4 bridgehead atoms. The second-order valence-electron chi connectivity index (χ2n) is 11.6. The molecule has 4 saturated carbocycles.